The van der Waals surface area contributed by atoms with E-state index >= 15 is 0 Å². The molecule has 1 aromatic rings. The number of anilines is 1. The fraction of sp³-hybridized carbons (Fsp3) is 0.400. The van der Waals surface area contributed by atoms with Gasteiger partial charge in [-0.05, 0) is 18.1 Å². The van der Waals surface area contributed by atoms with Gasteiger partial charge in [0.2, 0.25) is 11.9 Å². The summed E-state index contributed by atoms with van der Waals surface area (Å²) < 4.78 is 12.6. The first-order valence-corrected chi connectivity index (χ1v) is 5.80. The third-order valence-corrected chi connectivity index (χ3v) is 3.36. The van der Waals surface area contributed by atoms with Crippen molar-refractivity contribution in [2.45, 2.75) is 6.42 Å². The molecule has 0 aromatic carbocycles. The van der Waals surface area contributed by atoms with Crippen LogP contribution in [0.5, 0.6) is 0 Å². The van der Waals surface area contributed by atoms with Gasteiger partial charge in [-0.2, -0.15) is 4.39 Å². The van der Waals surface area contributed by atoms with Crippen LogP contribution in [0.1, 0.15) is 6.42 Å². The summed E-state index contributed by atoms with van der Waals surface area (Å²) in [6.07, 6.45) is 1.94. The van der Waals surface area contributed by atoms with Gasteiger partial charge in [0, 0.05) is 18.3 Å². The van der Waals surface area contributed by atoms with Crippen molar-refractivity contribution < 1.29 is 9.18 Å². The number of amides is 1. The number of carbonyl (C=O) groups is 1. The Morgan fingerprint density at radius 3 is 2.93 bits per heavy atom. The van der Waals surface area contributed by atoms with E-state index in [4.69, 9.17) is 0 Å². The SMILES string of the molecule is O=C1CC(CBr)CN1c1ccc(F)nc1. The molecule has 0 saturated carbocycles. The van der Waals surface area contributed by atoms with E-state index in [0.29, 0.717) is 24.6 Å². The molecule has 2 heterocycles. The highest BCUT2D eigenvalue weighted by Crippen LogP contribution is 2.25. The van der Waals surface area contributed by atoms with Gasteiger partial charge < -0.3 is 4.90 Å². The van der Waals surface area contributed by atoms with Crippen molar-refractivity contribution in [1.82, 2.24) is 4.98 Å². The topological polar surface area (TPSA) is 33.2 Å². The first kappa shape index (κ1) is 10.5. The minimum atomic E-state index is -0.526. The molecule has 1 aromatic heterocycles. The van der Waals surface area contributed by atoms with Crippen LogP contribution in [0.2, 0.25) is 0 Å². The Morgan fingerprint density at radius 1 is 1.60 bits per heavy atom. The van der Waals surface area contributed by atoms with Crippen molar-refractivity contribution in [3.8, 4) is 0 Å². The second-order valence-corrected chi connectivity index (χ2v) is 4.22. The Hall–Kier alpha value is -0.970. The summed E-state index contributed by atoms with van der Waals surface area (Å²) >= 11 is 3.36. The first-order chi connectivity index (χ1) is 7.20. The van der Waals surface area contributed by atoms with E-state index in [-0.39, 0.29) is 5.91 Å². The summed E-state index contributed by atoms with van der Waals surface area (Å²) in [7, 11) is 0. The molecule has 0 spiro atoms. The number of carbonyl (C=O) groups excluding carboxylic acids is 1. The molecule has 15 heavy (non-hydrogen) atoms. The Bertz CT molecular complexity index is 368. The standard InChI is InChI=1S/C10H10BrFN2O/c11-4-7-3-10(15)14(6-7)8-1-2-9(12)13-5-8/h1-2,5,7H,3-4,6H2. The minimum Gasteiger partial charge on any atom is -0.311 e. The number of alkyl halides is 1. The quantitative estimate of drug-likeness (QED) is 0.609. The molecular formula is C10H10BrFN2O. The van der Waals surface area contributed by atoms with Gasteiger partial charge in [0.1, 0.15) is 0 Å². The largest absolute Gasteiger partial charge is 0.311 e. The van der Waals surface area contributed by atoms with Crippen molar-refractivity contribution in [3.63, 3.8) is 0 Å². The van der Waals surface area contributed by atoms with Crippen molar-refractivity contribution in [2.24, 2.45) is 5.92 Å². The lowest BCUT2D eigenvalue weighted by Crippen LogP contribution is -2.24. The van der Waals surface area contributed by atoms with Gasteiger partial charge in [0.05, 0.1) is 11.9 Å². The predicted molar refractivity (Wildman–Crippen MR) is 58.4 cm³/mol. The monoisotopic (exact) mass is 272 g/mol. The van der Waals surface area contributed by atoms with E-state index in [2.05, 4.69) is 20.9 Å². The van der Waals surface area contributed by atoms with Crippen molar-refractivity contribution in [1.29, 1.82) is 0 Å². The van der Waals surface area contributed by atoms with Gasteiger partial charge >= 0.3 is 0 Å². The van der Waals surface area contributed by atoms with E-state index in [1.165, 1.54) is 12.3 Å². The molecule has 1 aliphatic rings. The molecule has 5 heteroatoms. The summed E-state index contributed by atoms with van der Waals surface area (Å²) in [5.74, 6) is -0.113. The summed E-state index contributed by atoms with van der Waals surface area (Å²) in [6, 6.07) is 2.85. The second-order valence-electron chi connectivity index (χ2n) is 3.57. The average Bonchev–Trinajstić information content (AvgIpc) is 2.61. The summed E-state index contributed by atoms with van der Waals surface area (Å²) in [6.45, 7) is 0.678. The van der Waals surface area contributed by atoms with E-state index in [0.717, 1.165) is 5.33 Å². The number of hydrogen-bond donors (Lipinski definition) is 0. The smallest absolute Gasteiger partial charge is 0.227 e. The van der Waals surface area contributed by atoms with Gasteiger partial charge in [0.15, 0.2) is 0 Å². The zero-order valence-electron chi connectivity index (χ0n) is 7.99. The van der Waals surface area contributed by atoms with Gasteiger partial charge in [-0.25, -0.2) is 4.98 Å². The van der Waals surface area contributed by atoms with Gasteiger partial charge in [-0.1, -0.05) is 15.9 Å². The average molecular weight is 273 g/mol. The van der Waals surface area contributed by atoms with Gasteiger partial charge in [-0.15, -0.1) is 0 Å². The van der Waals surface area contributed by atoms with Crippen LogP contribution in [-0.2, 0) is 4.79 Å². The molecule has 3 nitrogen and oxygen atoms in total. The molecule has 2 rings (SSSR count). The molecule has 80 valence electrons. The highest BCUT2D eigenvalue weighted by molar-refractivity contribution is 9.09. The molecule has 1 fully saturated rings. The Morgan fingerprint density at radius 2 is 2.40 bits per heavy atom. The van der Waals surface area contributed by atoms with Crippen LogP contribution in [0.3, 0.4) is 0 Å². The maximum Gasteiger partial charge on any atom is 0.227 e. The fourth-order valence-electron chi connectivity index (χ4n) is 1.66. The van der Waals surface area contributed by atoms with E-state index in [1.807, 2.05) is 0 Å². The van der Waals surface area contributed by atoms with Crippen LogP contribution in [0.4, 0.5) is 10.1 Å². The minimum absolute atomic E-state index is 0.0767. The Balaban J connectivity index is 2.18. The molecule has 1 unspecified atom stereocenters. The lowest BCUT2D eigenvalue weighted by molar-refractivity contribution is -0.117. The van der Waals surface area contributed by atoms with E-state index in [9.17, 15) is 9.18 Å². The first-order valence-electron chi connectivity index (χ1n) is 4.68. The number of rotatable bonds is 2. The van der Waals surface area contributed by atoms with Crippen LogP contribution < -0.4 is 4.90 Å². The fourth-order valence-corrected chi connectivity index (χ4v) is 2.10. The van der Waals surface area contributed by atoms with Crippen LogP contribution in [-0.4, -0.2) is 22.8 Å². The number of hydrogen-bond acceptors (Lipinski definition) is 2. The Labute approximate surface area is 95.4 Å². The number of aromatic nitrogens is 1. The second kappa shape index (κ2) is 4.26. The van der Waals surface area contributed by atoms with Gasteiger partial charge in [0.25, 0.3) is 0 Å². The van der Waals surface area contributed by atoms with Gasteiger partial charge in [-0.3, -0.25) is 4.79 Å². The number of pyridine rings is 1. The normalized spacial score (nSPS) is 21.1. The molecular weight excluding hydrogens is 263 g/mol. The van der Waals surface area contributed by atoms with Crippen LogP contribution in [0, 0.1) is 11.9 Å². The molecule has 1 atom stereocenters. The predicted octanol–water partition coefficient (Wildman–Crippen LogP) is 1.97. The van der Waals surface area contributed by atoms with E-state index in [1.54, 1.807) is 11.0 Å². The summed E-state index contributed by atoms with van der Waals surface area (Å²) in [5.41, 5.74) is 0.671. The van der Waals surface area contributed by atoms with Crippen LogP contribution in [0.15, 0.2) is 18.3 Å². The van der Waals surface area contributed by atoms with Crippen molar-refractivity contribution in [3.05, 3.63) is 24.3 Å². The lowest BCUT2D eigenvalue weighted by Gasteiger charge is -2.15. The number of nitrogens with zero attached hydrogens (tertiary/aromatic N) is 2. The molecule has 1 saturated heterocycles. The Kier molecular flexibility index (Phi) is 3.00. The highest BCUT2D eigenvalue weighted by atomic mass is 79.9. The third-order valence-electron chi connectivity index (χ3n) is 2.45. The van der Waals surface area contributed by atoms with Crippen molar-refractivity contribution >= 4 is 27.5 Å². The lowest BCUT2D eigenvalue weighted by atomic mass is 10.2. The zero-order chi connectivity index (χ0) is 10.8. The molecule has 1 aliphatic heterocycles. The van der Waals surface area contributed by atoms with Crippen LogP contribution in [0.25, 0.3) is 0 Å². The summed E-state index contributed by atoms with van der Waals surface area (Å²) in [4.78, 5) is 16.8. The molecule has 0 radical (unpaired) electrons. The molecule has 0 bridgehead atoms. The molecule has 1 amide bonds. The van der Waals surface area contributed by atoms with Crippen molar-refractivity contribution in [2.75, 3.05) is 16.8 Å². The summed E-state index contributed by atoms with van der Waals surface area (Å²) in [5, 5.41) is 0.809. The maximum absolute atomic E-state index is 12.6. The zero-order valence-corrected chi connectivity index (χ0v) is 9.58. The maximum atomic E-state index is 12.6. The van der Waals surface area contributed by atoms with Crippen LogP contribution >= 0.6 is 15.9 Å². The third kappa shape index (κ3) is 2.17. The number of halogens is 2. The highest BCUT2D eigenvalue weighted by Gasteiger charge is 2.29. The van der Waals surface area contributed by atoms with E-state index < -0.39 is 5.95 Å². The molecule has 0 N–H and O–H groups in total. The molecule has 0 aliphatic carbocycles.